The van der Waals surface area contributed by atoms with E-state index >= 15 is 0 Å². The van der Waals surface area contributed by atoms with Gasteiger partial charge in [-0.2, -0.15) is 5.26 Å². The van der Waals surface area contributed by atoms with Gasteiger partial charge in [0.05, 0.1) is 16.5 Å². The van der Waals surface area contributed by atoms with Crippen LogP contribution in [0.2, 0.25) is 0 Å². The molecule has 0 bridgehead atoms. The highest BCUT2D eigenvalue weighted by atomic mass is 79.9. The summed E-state index contributed by atoms with van der Waals surface area (Å²) in [7, 11) is 0. The van der Waals surface area contributed by atoms with Crippen LogP contribution in [0, 0.1) is 17.1 Å². The van der Waals surface area contributed by atoms with Gasteiger partial charge in [0.2, 0.25) is 0 Å². The number of aliphatic carboxylic acids is 1. The van der Waals surface area contributed by atoms with Gasteiger partial charge in [0.25, 0.3) is 0 Å². The summed E-state index contributed by atoms with van der Waals surface area (Å²) in [5.41, 5.74) is 0.932. The molecule has 21 heavy (non-hydrogen) atoms. The van der Waals surface area contributed by atoms with Crippen LogP contribution in [0.5, 0.6) is 0 Å². The zero-order valence-electron chi connectivity index (χ0n) is 10.6. The molecular formula is C15H9BrFNO2S. The number of benzene rings is 2. The maximum atomic E-state index is 14.1. The van der Waals surface area contributed by atoms with E-state index in [-0.39, 0.29) is 16.5 Å². The van der Waals surface area contributed by atoms with Crippen LogP contribution in [0.4, 0.5) is 4.39 Å². The highest BCUT2D eigenvalue weighted by molar-refractivity contribution is 9.10. The third-order valence-electron chi connectivity index (χ3n) is 2.67. The lowest BCUT2D eigenvalue weighted by Gasteiger charge is -2.06. The molecule has 0 aliphatic heterocycles. The van der Waals surface area contributed by atoms with Crippen molar-refractivity contribution in [2.45, 2.75) is 16.2 Å². The van der Waals surface area contributed by atoms with Crippen LogP contribution in [-0.2, 0) is 11.2 Å². The molecule has 0 aliphatic rings. The summed E-state index contributed by atoms with van der Waals surface area (Å²) in [5, 5.41) is 17.5. The van der Waals surface area contributed by atoms with Crippen molar-refractivity contribution in [3.8, 4) is 6.07 Å². The van der Waals surface area contributed by atoms with E-state index in [9.17, 15) is 9.18 Å². The molecule has 106 valence electrons. The monoisotopic (exact) mass is 365 g/mol. The van der Waals surface area contributed by atoms with Crippen molar-refractivity contribution in [2.75, 3.05) is 0 Å². The number of carboxylic acid groups (broad SMARTS) is 1. The Kier molecular flexibility index (Phi) is 4.99. The SMILES string of the molecule is N#Cc1ccc(Sc2ccc(CC(=O)O)cc2)c(F)c1Br. The molecule has 0 aliphatic carbocycles. The Labute approximate surface area is 133 Å². The van der Waals surface area contributed by atoms with E-state index in [0.717, 1.165) is 4.90 Å². The Morgan fingerprint density at radius 2 is 1.95 bits per heavy atom. The number of nitriles is 1. The number of hydrogen-bond acceptors (Lipinski definition) is 3. The maximum Gasteiger partial charge on any atom is 0.307 e. The number of halogens is 2. The van der Waals surface area contributed by atoms with Crippen molar-refractivity contribution in [2.24, 2.45) is 0 Å². The molecule has 0 amide bonds. The van der Waals surface area contributed by atoms with E-state index in [4.69, 9.17) is 10.4 Å². The Balaban J connectivity index is 2.21. The molecule has 6 heteroatoms. The first kappa shape index (κ1) is 15.5. The first-order valence-electron chi connectivity index (χ1n) is 5.88. The maximum absolute atomic E-state index is 14.1. The molecule has 2 aromatic rings. The van der Waals surface area contributed by atoms with Crippen LogP contribution >= 0.6 is 27.7 Å². The van der Waals surface area contributed by atoms with E-state index in [0.29, 0.717) is 10.5 Å². The van der Waals surface area contributed by atoms with Gasteiger partial charge in [-0.25, -0.2) is 4.39 Å². The first-order chi connectivity index (χ1) is 10.0. The molecule has 0 fully saturated rings. The molecule has 0 heterocycles. The van der Waals surface area contributed by atoms with Crippen LogP contribution in [-0.4, -0.2) is 11.1 Å². The third kappa shape index (κ3) is 3.84. The standard InChI is InChI=1S/C15H9BrFNO2S/c16-14-10(8-18)3-6-12(15(14)17)21-11-4-1-9(2-5-11)7-13(19)20/h1-6H,7H2,(H,19,20). The zero-order valence-corrected chi connectivity index (χ0v) is 13.0. The van der Waals surface area contributed by atoms with E-state index in [2.05, 4.69) is 15.9 Å². The molecule has 2 aromatic carbocycles. The fourth-order valence-electron chi connectivity index (χ4n) is 1.67. The summed E-state index contributed by atoms with van der Waals surface area (Å²) in [6.45, 7) is 0. The Morgan fingerprint density at radius 1 is 1.29 bits per heavy atom. The van der Waals surface area contributed by atoms with Gasteiger partial charge in [-0.05, 0) is 45.8 Å². The molecule has 0 saturated carbocycles. The van der Waals surface area contributed by atoms with Crippen molar-refractivity contribution in [3.05, 3.63) is 57.8 Å². The van der Waals surface area contributed by atoms with Crippen molar-refractivity contribution < 1.29 is 14.3 Å². The van der Waals surface area contributed by atoms with Gasteiger partial charge < -0.3 is 5.11 Å². The number of hydrogen-bond donors (Lipinski definition) is 1. The lowest BCUT2D eigenvalue weighted by atomic mass is 10.2. The van der Waals surface area contributed by atoms with Gasteiger partial charge in [0, 0.05) is 9.79 Å². The smallest absolute Gasteiger partial charge is 0.307 e. The van der Waals surface area contributed by atoms with Gasteiger partial charge in [0.1, 0.15) is 6.07 Å². The number of carbonyl (C=O) groups is 1. The predicted octanol–water partition coefficient (Wildman–Crippen LogP) is 4.24. The van der Waals surface area contributed by atoms with Crippen LogP contribution in [0.1, 0.15) is 11.1 Å². The second-order valence-corrected chi connectivity index (χ2v) is 6.08. The van der Waals surface area contributed by atoms with Crippen LogP contribution < -0.4 is 0 Å². The Morgan fingerprint density at radius 3 is 2.52 bits per heavy atom. The summed E-state index contributed by atoms with van der Waals surface area (Å²) >= 11 is 4.28. The number of carboxylic acids is 1. The largest absolute Gasteiger partial charge is 0.481 e. The average Bonchev–Trinajstić information content (AvgIpc) is 2.45. The lowest BCUT2D eigenvalue weighted by Crippen LogP contribution is -1.99. The van der Waals surface area contributed by atoms with Crippen LogP contribution in [0.3, 0.4) is 0 Å². The van der Waals surface area contributed by atoms with Crippen molar-refractivity contribution >= 4 is 33.7 Å². The van der Waals surface area contributed by atoms with Gasteiger partial charge in [0.15, 0.2) is 5.82 Å². The van der Waals surface area contributed by atoms with Gasteiger partial charge in [-0.1, -0.05) is 23.9 Å². The number of rotatable bonds is 4. The first-order valence-corrected chi connectivity index (χ1v) is 7.49. The fourth-order valence-corrected chi connectivity index (χ4v) is 3.09. The summed E-state index contributed by atoms with van der Waals surface area (Å²) in [6, 6.07) is 11.9. The minimum atomic E-state index is -0.891. The van der Waals surface area contributed by atoms with Crippen molar-refractivity contribution in [3.63, 3.8) is 0 Å². The molecule has 1 N–H and O–H groups in total. The Hall–Kier alpha value is -1.84. The molecule has 0 unspecified atom stereocenters. The van der Waals surface area contributed by atoms with E-state index in [1.165, 1.54) is 11.8 Å². The second-order valence-electron chi connectivity index (χ2n) is 4.17. The average molecular weight is 366 g/mol. The normalized spacial score (nSPS) is 10.1. The van der Waals surface area contributed by atoms with E-state index in [1.54, 1.807) is 36.4 Å². The van der Waals surface area contributed by atoms with Gasteiger partial charge >= 0.3 is 5.97 Å². The van der Waals surface area contributed by atoms with Crippen LogP contribution in [0.25, 0.3) is 0 Å². The fraction of sp³-hybridized carbons (Fsp3) is 0.0667. The lowest BCUT2D eigenvalue weighted by molar-refractivity contribution is -0.136. The molecular weight excluding hydrogens is 357 g/mol. The van der Waals surface area contributed by atoms with Crippen molar-refractivity contribution in [1.82, 2.24) is 0 Å². The zero-order chi connectivity index (χ0) is 15.4. The molecule has 0 radical (unpaired) electrons. The predicted molar refractivity (Wildman–Crippen MR) is 80.7 cm³/mol. The molecule has 3 nitrogen and oxygen atoms in total. The van der Waals surface area contributed by atoms with Crippen LogP contribution in [0.15, 0.2) is 50.7 Å². The molecule has 2 rings (SSSR count). The highest BCUT2D eigenvalue weighted by Crippen LogP contribution is 2.34. The minimum absolute atomic E-state index is 0.0400. The number of nitrogens with zero attached hydrogens (tertiary/aromatic N) is 1. The Bertz CT molecular complexity index is 726. The minimum Gasteiger partial charge on any atom is -0.481 e. The van der Waals surface area contributed by atoms with Gasteiger partial charge in [-0.15, -0.1) is 0 Å². The quantitative estimate of drug-likeness (QED) is 0.879. The topological polar surface area (TPSA) is 61.1 Å². The molecule has 0 atom stereocenters. The van der Waals surface area contributed by atoms with Crippen molar-refractivity contribution in [1.29, 1.82) is 5.26 Å². The molecule has 0 aromatic heterocycles. The third-order valence-corrected chi connectivity index (χ3v) is 4.49. The molecule has 0 spiro atoms. The summed E-state index contributed by atoms with van der Waals surface area (Å²) < 4.78 is 14.2. The summed E-state index contributed by atoms with van der Waals surface area (Å²) in [4.78, 5) is 11.8. The second kappa shape index (κ2) is 6.74. The van der Waals surface area contributed by atoms with Gasteiger partial charge in [-0.3, -0.25) is 4.79 Å². The summed E-state index contributed by atoms with van der Waals surface area (Å²) in [5.74, 6) is -1.37. The van der Waals surface area contributed by atoms with E-state index < -0.39 is 11.8 Å². The van der Waals surface area contributed by atoms with E-state index in [1.807, 2.05) is 6.07 Å². The highest BCUT2D eigenvalue weighted by Gasteiger charge is 2.12. The summed E-state index contributed by atoms with van der Waals surface area (Å²) in [6.07, 6.45) is -0.0400. The molecule has 0 saturated heterocycles.